The van der Waals surface area contributed by atoms with Crippen LogP contribution in [0, 0.1) is 17.0 Å². The van der Waals surface area contributed by atoms with Gasteiger partial charge in [-0.15, -0.1) is 11.6 Å². The Hall–Kier alpha value is -1.88. The van der Waals surface area contributed by atoms with Gasteiger partial charge < -0.3 is 0 Å². The molecule has 17 heavy (non-hydrogen) atoms. The van der Waals surface area contributed by atoms with Gasteiger partial charge in [-0.2, -0.15) is 5.10 Å². The first kappa shape index (κ1) is 11.6. The number of halogens is 1. The molecular formula is C11H10ClN3O2. The third-order valence-corrected chi connectivity index (χ3v) is 2.66. The molecule has 0 spiro atoms. The van der Waals surface area contributed by atoms with Crippen molar-refractivity contribution in [1.82, 2.24) is 9.78 Å². The molecule has 2 aromatic rings. The van der Waals surface area contributed by atoms with Gasteiger partial charge >= 0.3 is 0 Å². The fourth-order valence-corrected chi connectivity index (χ4v) is 1.77. The summed E-state index contributed by atoms with van der Waals surface area (Å²) in [6.45, 7) is 1.93. The summed E-state index contributed by atoms with van der Waals surface area (Å²) in [6.07, 6.45) is 3.57. The number of hydrogen-bond donors (Lipinski definition) is 0. The molecule has 0 unspecified atom stereocenters. The van der Waals surface area contributed by atoms with E-state index in [4.69, 9.17) is 11.6 Å². The van der Waals surface area contributed by atoms with Gasteiger partial charge in [0.25, 0.3) is 5.69 Å². The van der Waals surface area contributed by atoms with Crippen molar-refractivity contribution in [3.8, 4) is 5.69 Å². The van der Waals surface area contributed by atoms with Crippen LogP contribution in [0.5, 0.6) is 0 Å². The summed E-state index contributed by atoms with van der Waals surface area (Å²) in [5.74, 6) is 0.204. The van der Waals surface area contributed by atoms with Gasteiger partial charge in [-0.25, -0.2) is 4.68 Å². The van der Waals surface area contributed by atoms with E-state index in [1.807, 2.05) is 13.1 Å². The number of alkyl halides is 1. The third-order valence-electron chi connectivity index (χ3n) is 2.38. The normalized spacial score (nSPS) is 10.5. The highest BCUT2D eigenvalue weighted by atomic mass is 35.5. The number of nitro benzene ring substituents is 1. The Morgan fingerprint density at radius 3 is 2.82 bits per heavy atom. The maximum absolute atomic E-state index is 10.7. The molecule has 1 aromatic carbocycles. The fraction of sp³-hybridized carbons (Fsp3) is 0.182. The van der Waals surface area contributed by atoms with Crippen LogP contribution in [0.1, 0.15) is 11.1 Å². The van der Waals surface area contributed by atoms with Gasteiger partial charge in [0, 0.05) is 24.2 Å². The van der Waals surface area contributed by atoms with E-state index in [0.717, 1.165) is 11.3 Å². The monoisotopic (exact) mass is 251 g/mol. The third kappa shape index (κ3) is 2.29. The summed E-state index contributed by atoms with van der Waals surface area (Å²) in [5, 5.41) is 14.8. The topological polar surface area (TPSA) is 61.0 Å². The van der Waals surface area contributed by atoms with Crippen molar-refractivity contribution in [2.24, 2.45) is 0 Å². The van der Waals surface area contributed by atoms with Crippen molar-refractivity contribution >= 4 is 17.3 Å². The Kier molecular flexibility index (Phi) is 3.10. The van der Waals surface area contributed by atoms with Gasteiger partial charge in [0.05, 0.1) is 16.8 Å². The molecule has 0 aliphatic carbocycles. The Bertz CT molecular complexity index is 566. The summed E-state index contributed by atoms with van der Waals surface area (Å²) >= 11 is 5.80. The molecule has 0 fully saturated rings. The summed E-state index contributed by atoms with van der Waals surface area (Å²) in [7, 11) is 0. The van der Waals surface area contributed by atoms with E-state index in [1.165, 1.54) is 12.1 Å². The van der Waals surface area contributed by atoms with Gasteiger partial charge in [-0.05, 0) is 24.1 Å². The highest BCUT2D eigenvalue weighted by Gasteiger charge is 2.11. The second kappa shape index (κ2) is 4.55. The van der Waals surface area contributed by atoms with Crippen molar-refractivity contribution in [3.63, 3.8) is 0 Å². The van der Waals surface area contributed by atoms with Crippen molar-refractivity contribution in [1.29, 1.82) is 0 Å². The molecule has 0 saturated carbocycles. The molecule has 0 aliphatic rings. The van der Waals surface area contributed by atoms with E-state index < -0.39 is 4.92 Å². The van der Waals surface area contributed by atoms with Crippen molar-refractivity contribution < 1.29 is 4.92 Å². The van der Waals surface area contributed by atoms with Crippen LogP contribution in [0.2, 0.25) is 0 Å². The maximum atomic E-state index is 10.7. The second-order valence-corrected chi connectivity index (χ2v) is 3.93. The standard InChI is InChI=1S/C11H10ClN3O2/c1-8-6-13-14(7-8)11-3-2-10(15(16)17)4-9(11)5-12/h2-4,6-7H,5H2,1H3. The van der Waals surface area contributed by atoms with Crippen LogP contribution in [0.15, 0.2) is 30.6 Å². The quantitative estimate of drug-likeness (QED) is 0.479. The molecule has 88 valence electrons. The molecule has 0 aliphatic heterocycles. The van der Waals surface area contributed by atoms with Crippen molar-refractivity contribution in [2.75, 3.05) is 0 Å². The number of nitro groups is 1. The average molecular weight is 252 g/mol. The predicted octanol–water partition coefficient (Wildman–Crippen LogP) is 2.83. The Labute approximate surface area is 103 Å². The minimum Gasteiger partial charge on any atom is -0.258 e. The lowest BCUT2D eigenvalue weighted by Crippen LogP contribution is -2.00. The summed E-state index contributed by atoms with van der Waals surface area (Å²) in [5.41, 5.74) is 2.50. The minimum atomic E-state index is -0.436. The van der Waals surface area contributed by atoms with Gasteiger partial charge in [0.1, 0.15) is 0 Å². The van der Waals surface area contributed by atoms with E-state index in [1.54, 1.807) is 16.9 Å². The second-order valence-electron chi connectivity index (χ2n) is 3.67. The van der Waals surface area contributed by atoms with Crippen molar-refractivity contribution in [2.45, 2.75) is 12.8 Å². The summed E-state index contributed by atoms with van der Waals surface area (Å²) < 4.78 is 1.66. The number of aromatic nitrogens is 2. The zero-order valence-electron chi connectivity index (χ0n) is 9.13. The Balaban J connectivity index is 2.51. The van der Waals surface area contributed by atoms with Crippen LogP contribution >= 0.6 is 11.6 Å². The molecule has 0 bridgehead atoms. The van der Waals surface area contributed by atoms with Crippen LogP contribution in [-0.2, 0) is 5.88 Å². The van der Waals surface area contributed by atoms with E-state index in [9.17, 15) is 10.1 Å². The number of rotatable bonds is 3. The largest absolute Gasteiger partial charge is 0.269 e. The minimum absolute atomic E-state index is 0.0354. The fourth-order valence-electron chi connectivity index (χ4n) is 1.56. The van der Waals surface area contributed by atoms with Crippen molar-refractivity contribution in [3.05, 3.63) is 51.8 Å². The molecular weight excluding hydrogens is 242 g/mol. The van der Waals surface area contributed by atoms with E-state index in [-0.39, 0.29) is 11.6 Å². The molecule has 1 aromatic heterocycles. The number of non-ortho nitro benzene ring substituents is 1. The summed E-state index contributed by atoms with van der Waals surface area (Å²) in [6, 6.07) is 4.57. The maximum Gasteiger partial charge on any atom is 0.269 e. The van der Waals surface area contributed by atoms with Crippen LogP contribution in [-0.4, -0.2) is 14.7 Å². The lowest BCUT2D eigenvalue weighted by Gasteiger charge is -2.06. The first-order chi connectivity index (χ1) is 8.11. The van der Waals surface area contributed by atoms with Gasteiger partial charge in [0.15, 0.2) is 0 Å². The molecule has 1 heterocycles. The number of aryl methyl sites for hydroxylation is 1. The van der Waals surface area contributed by atoms with Gasteiger partial charge in [0.2, 0.25) is 0 Å². The smallest absolute Gasteiger partial charge is 0.258 e. The molecule has 0 N–H and O–H groups in total. The molecule has 0 atom stereocenters. The van der Waals surface area contributed by atoms with Gasteiger partial charge in [-0.1, -0.05) is 0 Å². The number of benzene rings is 1. The highest BCUT2D eigenvalue weighted by molar-refractivity contribution is 6.17. The lowest BCUT2D eigenvalue weighted by atomic mass is 10.2. The number of nitrogens with zero attached hydrogens (tertiary/aromatic N) is 3. The molecule has 0 radical (unpaired) electrons. The SMILES string of the molecule is Cc1cnn(-c2ccc([N+](=O)[O-])cc2CCl)c1. The summed E-state index contributed by atoms with van der Waals surface area (Å²) in [4.78, 5) is 10.2. The van der Waals surface area contributed by atoms with E-state index >= 15 is 0 Å². The van der Waals surface area contributed by atoms with E-state index in [2.05, 4.69) is 5.10 Å². The Morgan fingerprint density at radius 1 is 1.53 bits per heavy atom. The average Bonchev–Trinajstić information content (AvgIpc) is 2.74. The van der Waals surface area contributed by atoms with Crippen LogP contribution in [0.25, 0.3) is 5.69 Å². The molecule has 5 nitrogen and oxygen atoms in total. The zero-order valence-corrected chi connectivity index (χ0v) is 9.89. The first-order valence-electron chi connectivity index (χ1n) is 4.96. The molecule has 6 heteroatoms. The lowest BCUT2D eigenvalue weighted by molar-refractivity contribution is -0.384. The van der Waals surface area contributed by atoms with E-state index in [0.29, 0.717) is 5.56 Å². The van der Waals surface area contributed by atoms with Gasteiger partial charge in [-0.3, -0.25) is 10.1 Å². The highest BCUT2D eigenvalue weighted by Crippen LogP contribution is 2.22. The van der Waals surface area contributed by atoms with Crippen LogP contribution in [0.4, 0.5) is 5.69 Å². The predicted molar refractivity (Wildman–Crippen MR) is 64.5 cm³/mol. The molecule has 0 saturated heterocycles. The van der Waals surface area contributed by atoms with Crippen LogP contribution < -0.4 is 0 Å². The zero-order chi connectivity index (χ0) is 12.4. The number of hydrogen-bond acceptors (Lipinski definition) is 3. The molecule has 0 amide bonds. The van der Waals surface area contributed by atoms with Crippen LogP contribution in [0.3, 0.4) is 0 Å². The molecule has 2 rings (SSSR count). The Morgan fingerprint density at radius 2 is 2.29 bits per heavy atom. The first-order valence-corrected chi connectivity index (χ1v) is 5.50.